The zero-order valence-corrected chi connectivity index (χ0v) is 21.1. The molecule has 6 aromatic rings. The molecule has 0 fully saturated rings. The van der Waals surface area contributed by atoms with E-state index in [0.717, 1.165) is 67.9 Å². The van der Waals surface area contributed by atoms with E-state index in [9.17, 15) is 4.39 Å². The third-order valence-electron chi connectivity index (χ3n) is 6.41. The fourth-order valence-corrected chi connectivity index (χ4v) is 4.72. The lowest BCUT2D eigenvalue weighted by atomic mass is 10.0. The minimum Gasteiger partial charge on any atom is -0.358 e. The smallest absolute Gasteiger partial charge is 0.181 e. The number of aromatic amines is 2. The molecule has 0 amide bonds. The van der Waals surface area contributed by atoms with Crippen molar-refractivity contribution < 1.29 is 4.39 Å². The molecule has 0 unspecified atom stereocenters. The minimum absolute atomic E-state index is 0.266. The molecule has 3 N–H and O–H groups in total. The molecule has 0 atom stereocenters. The summed E-state index contributed by atoms with van der Waals surface area (Å²) in [5.41, 5.74) is 8.58. The summed E-state index contributed by atoms with van der Waals surface area (Å²) < 4.78 is 13.5. The first-order valence-corrected chi connectivity index (χ1v) is 12.4. The Morgan fingerprint density at radius 2 is 1.76 bits per heavy atom. The maximum Gasteiger partial charge on any atom is 0.181 e. The van der Waals surface area contributed by atoms with Crippen LogP contribution in [0.5, 0.6) is 0 Å². The minimum atomic E-state index is -0.266. The highest BCUT2D eigenvalue weighted by molar-refractivity contribution is 5.99. The molecule has 5 heterocycles. The van der Waals surface area contributed by atoms with Crippen molar-refractivity contribution in [3.05, 3.63) is 91.4 Å². The second kappa shape index (κ2) is 9.55. The molecule has 38 heavy (non-hydrogen) atoms. The average molecular weight is 504 g/mol. The molecule has 6 rings (SSSR count). The molecule has 0 saturated carbocycles. The Hall–Kier alpha value is -4.85. The molecule has 7 nitrogen and oxygen atoms in total. The van der Waals surface area contributed by atoms with Crippen molar-refractivity contribution in [1.29, 1.82) is 0 Å². The van der Waals surface area contributed by atoms with Crippen LogP contribution in [0.1, 0.15) is 20.3 Å². The van der Waals surface area contributed by atoms with Gasteiger partial charge in [0.05, 0.1) is 23.3 Å². The van der Waals surface area contributed by atoms with Crippen molar-refractivity contribution in [3.8, 4) is 33.6 Å². The van der Waals surface area contributed by atoms with E-state index in [1.54, 1.807) is 30.7 Å². The number of fused-ring (bicyclic) bond motifs is 2. The number of nitrogens with zero attached hydrogens (tertiary/aromatic N) is 4. The fraction of sp³-hybridized carbons (Fsp3) is 0.133. The predicted octanol–water partition coefficient (Wildman–Crippen LogP) is 7.34. The van der Waals surface area contributed by atoms with Crippen molar-refractivity contribution in [2.75, 3.05) is 5.32 Å². The van der Waals surface area contributed by atoms with Gasteiger partial charge in [-0.3, -0.25) is 10.1 Å². The van der Waals surface area contributed by atoms with Crippen LogP contribution >= 0.6 is 0 Å². The van der Waals surface area contributed by atoms with Crippen LogP contribution in [0, 0.1) is 11.7 Å². The number of hydrogen-bond acceptors (Lipinski definition) is 5. The first-order chi connectivity index (χ1) is 18.4. The van der Waals surface area contributed by atoms with Gasteiger partial charge in [0.1, 0.15) is 11.5 Å². The third kappa shape index (κ3) is 4.52. The van der Waals surface area contributed by atoms with Gasteiger partial charge in [-0.15, -0.1) is 0 Å². The van der Waals surface area contributed by atoms with Crippen molar-refractivity contribution in [2.45, 2.75) is 20.3 Å². The van der Waals surface area contributed by atoms with Crippen LogP contribution in [-0.4, -0.2) is 30.1 Å². The van der Waals surface area contributed by atoms with Gasteiger partial charge in [0.15, 0.2) is 5.65 Å². The molecule has 0 bridgehead atoms. The lowest BCUT2D eigenvalue weighted by Crippen LogP contribution is -2.02. The molecule has 0 saturated heterocycles. The van der Waals surface area contributed by atoms with Crippen LogP contribution in [0.4, 0.5) is 10.1 Å². The van der Waals surface area contributed by atoms with Gasteiger partial charge in [-0.05, 0) is 59.9 Å². The van der Waals surface area contributed by atoms with E-state index in [2.05, 4.69) is 61.9 Å². The maximum atomic E-state index is 13.5. The van der Waals surface area contributed by atoms with E-state index < -0.39 is 0 Å². The fourth-order valence-electron chi connectivity index (χ4n) is 4.72. The van der Waals surface area contributed by atoms with E-state index in [4.69, 9.17) is 0 Å². The van der Waals surface area contributed by atoms with Crippen LogP contribution in [0.25, 0.3) is 55.7 Å². The van der Waals surface area contributed by atoms with Gasteiger partial charge in [0, 0.05) is 46.2 Å². The largest absolute Gasteiger partial charge is 0.358 e. The highest BCUT2D eigenvalue weighted by Crippen LogP contribution is 2.34. The molecule has 0 spiro atoms. The van der Waals surface area contributed by atoms with Crippen molar-refractivity contribution >= 4 is 27.8 Å². The number of halogens is 1. The van der Waals surface area contributed by atoms with Crippen LogP contribution in [-0.2, 0) is 0 Å². The lowest BCUT2D eigenvalue weighted by Gasteiger charge is -2.12. The summed E-state index contributed by atoms with van der Waals surface area (Å²) in [5.74, 6) is 0.252. The van der Waals surface area contributed by atoms with Crippen molar-refractivity contribution in [1.82, 2.24) is 30.1 Å². The van der Waals surface area contributed by atoms with E-state index in [-0.39, 0.29) is 5.82 Å². The van der Waals surface area contributed by atoms with Gasteiger partial charge in [-0.2, -0.15) is 5.10 Å². The molecule has 0 aliphatic rings. The van der Waals surface area contributed by atoms with Crippen LogP contribution < -0.4 is 5.32 Å². The number of allylic oxidation sites excluding steroid dienone is 1. The standard InChI is InChI=1S/C30H26FN7/c1-17(2)10-18(3)35-23-11-20(14-32-16-23)21-12-26-28(37-38-30(26)34-15-21)27-13-25-24(8-9-33-29(25)36-27)19-4-6-22(31)7-5-19/h4-9,11-17,35H,3,10H2,1-2H3,(H,33,36)(H,34,37,38). The van der Waals surface area contributed by atoms with Gasteiger partial charge < -0.3 is 10.3 Å². The highest BCUT2D eigenvalue weighted by atomic mass is 19.1. The van der Waals surface area contributed by atoms with Gasteiger partial charge in [0.25, 0.3) is 0 Å². The zero-order chi connectivity index (χ0) is 26.2. The van der Waals surface area contributed by atoms with Crippen LogP contribution in [0.3, 0.4) is 0 Å². The Balaban J connectivity index is 1.38. The zero-order valence-electron chi connectivity index (χ0n) is 21.1. The summed E-state index contributed by atoms with van der Waals surface area (Å²) in [6, 6.07) is 14.5. The Kier molecular flexibility index (Phi) is 5.92. The summed E-state index contributed by atoms with van der Waals surface area (Å²) in [5, 5.41) is 12.7. The average Bonchev–Trinajstić information content (AvgIpc) is 3.52. The first-order valence-electron chi connectivity index (χ1n) is 12.4. The quantitative estimate of drug-likeness (QED) is 0.212. The number of hydrogen-bond donors (Lipinski definition) is 3. The van der Waals surface area contributed by atoms with E-state index in [0.29, 0.717) is 11.6 Å². The molecule has 0 radical (unpaired) electrons. The SMILES string of the molecule is C=C(CC(C)C)Nc1cncc(-c2cnc3n[nH]c(-c4cc5c(-c6ccc(F)cc6)ccnc5[nH]4)c3c2)c1. The molecule has 1 aromatic carbocycles. The molecule has 188 valence electrons. The molecular formula is C30H26FN7. The van der Waals surface area contributed by atoms with Gasteiger partial charge in [0.2, 0.25) is 0 Å². The Morgan fingerprint density at radius 3 is 2.58 bits per heavy atom. The Bertz CT molecular complexity index is 1780. The van der Waals surface area contributed by atoms with Crippen LogP contribution in [0.15, 0.2) is 85.6 Å². The number of H-pyrrole nitrogens is 2. The van der Waals surface area contributed by atoms with Crippen molar-refractivity contribution in [2.24, 2.45) is 5.92 Å². The highest BCUT2D eigenvalue weighted by Gasteiger charge is 2.15. The van der Waals surface area contributed by atoms with Gasteiger partial charge in [-0.1, -0.05) is 32.6 Å². The Morgan fingerprint density at radius 1 is 0.947 bits per heavy atom. The monoisotopic (exact) mass is 503 g/mol. The third-order valence-corrected chi connectivity index (χ3v) is 6.41. The molecule has 5 aromatic heterocycles. The summed E-state index contributed by atoms with van der Waals surface area (Å²) in [6.07, 6.45) is 8.05. The molecular weight excluding hydrogens is 477 g/mol. The number of pyridine rings is 3. The van der Waals surface area contributed by atoms with E-state index in [1.807, 2.05) is 24.4 Å². The number of benzene rings is 1. The molecule has 8 heteroatoms. The van der Waals surface area contributed by atoms with E-state index >= 15 is 0 Å². The van der Waals surface area contributed by atoms with Crippen LogP contribution in [0.2, 0.25) is 0 Å². The topological polar surface area (TPSA) is 95.2 Å². The normalized spacial score (nSPS) is 11.5. The number of nitrogens with one attached hydrogen (secondary N) is 3. The maximum absolute atomic E-state index is 13.5. The van der Waals surface area contributed by atoms with Gasteiger partial charge in [-0.25, -0.2) is 14.4 Å². The number of aromatic nitrogens is 6. The number of rotatable bonds is 7. The first kappa shape index (κ1) is 23.5. The predicted molar refractivity (Wildman–Crippen MR) is 150 cm³/mol. The molecule has 0 aliphatic carbocycles. The summed E-state index contributed by atoms with van der Waals surface area (Å²) in [7, 11) is 0. The second-order valence-corrected chi connectivity index (χ2v) is 9.79. The lowest BCUT2D eigenvalue weighted by molar-refractivity contribution is 0.628. The summed E-state index contributed by atoms with van der Waals surface area (Å²) in [4.78, 5) is 16.9. The number of anilines is 1. The molecule has 0 aliphatic heterocycles. The summed E-state index contributed by atoms with van der Waals surface area (Å²) in [6.45, 7) is 8.46. The summed E-state index contributed by atoms with van der Waals surface area (Å²) >= 11 is 0. The Labute approximate surface area is 218 Å². The van der Waals surface area contributed by atoms with Gasteiger partial charge >= 0.3 is 0 Å². The van der Waals surface area contributed by atoms with Crippen molar-refractivity contribution in [3.63, 3.8) is 0 Å². The second-order valence-electron chi connectivity index (χ2n) is 9.79. The van der Waals surface area contributed by atoms with E-state index in [1.165, 1.54) is 12.1 Å².